The Balaban J connectivity index is 0.000000408. The smallest absolute Gasteiger partial charge is 0.247 e. The molecule has 1 saturated heterocycles. The fourth-order valence-electron chi connectivity index (χ4n) is 1.61. The van der Waals surface area contributed by atoms with Gasteiger partial charge in [0.05, 0.1) is 19.4 Å². The summed E-state index contributed by atoms with van der Waals surface area (Å²) in [6, 6.07) is 0. The molecule has 0 spiro atoms. The van der Waals surface area contributed by atoms with Gasteiger partial charge < -0.3 is 19.9 Å². The second-order valence-corrected chi connectivity index (χ2v) is 3.96. The van der Waals surface area contributed by atoms with Gasteiger partial charge in [-0.2, -0.15) is 0 Å². The van der Waals surface area contributed by atoms with E-state index in [2.05, 4.69) is 20.3 Å². The van der Waals surface area contributed by atoms with Crippen LogP contribution in [-0.4, -0.2) is 58.0 Å². The number of ether oxygens (including phenoxy) is 2. The molecule has 19 heavy (non-hydrogen) atoms. The first-order valence-electron chi connectivity index (χ1n) is 5.89. The van der Waals surface area contributed by atoms with Crippen molar-refractivity contribution in [1.29, 1.82) is 0 Å². The molecule has 0 unspecified atom stereocenters. The van der Waals surface area contributed by atoms with Crippen LogP contribution in [0.25, 0.3) is 11.2 Å². The van der Waals surface area contributed by atoms with Gasteiger partial charge in [0.25, 0.3) is 0 Å². The molecule has 3 rings (SSSR count). The predicted octanol–water partition coefficient (Wildman–Crippen LogP) is -0.474. The second-order valence-electron chi connectivity index (χ2n) is 3.96. The largest absolute Gasteiger partial charge is 0.394 e. The van der Waals surface area contributed by atoms with Crippen molar-refractivity contribution in [3.8, 4) is 0 Å². The molecule has 0 bridgehead atoms. The number of nitrogens with one attached hydrogen (secondary N) is 1. The lowest BCUT2D eigenvalue weighted by molar-refractivity contribution is -0.117. The minimum absolute atomic E-state index is 0.0574. The highest BCUT2D eigenvalue weighted by Crippen LogP contribution is 2.23. The summed E-state index contributed by atoms with van der Waals surface area (Å²) in [5.41, 5.74) is 1.33. The van der Waals surface area contributed by atoms with Crippen molar-refractivity contribution >= 4 is 11.2 Å². The number of rotatable bonds is 2. The van der Waals surface area contributed by atoms with E-state index in [0.717, 1.165) is 0 Å². The molecule has 8 nitrogen and oxygen atoms in total. The first-order valence-corrected chi connectivity index (χ1v) is 5.89. The van der Waals surface area contributed by atoms with E-state index in [4.69, 9.17) is 14.6 Å². The minimum atomic E-state index is -0.572. The van der Waals surface area contributed by atoms with Crippen molar-refractivity contribution in [3.05, 3.63) is 18.9 Å². The highest BCUT2D eigenvalue weighted by molar-refractivity contribution is 5.68. The molecule has 0 saturated carbocycles. The molecule has 2 aromatic heterocycles. The zero-order valence-corrected chi connectivity index (χ0v) is 10.9. The Bertz CT molecular complexity index is 518. The van der Waals surface area contributed by atoms with Crippen LogP contribution in [0.3, 0.4) is 0 Å². The molecule has 104 valence electrons. The molecular formula is C11H17N5O3. The molecule has 0 aliphatic carbocycles. The topological polar surface area (TPSA) is 94.3 Å². The van der Waals surface area contributed by atoms with Crippen LogP contribution in [0.5, 0.6) is 0 Å². The molecule has 1 aliphatic heterocycles. The molecule has 2 N–H and O–H groups in total. The van der Waals surface area contributed by atoms with Crippen molar-refractivity contribution < 1.29 is 14.6 Å². The maximum atomic E-state index is 8.94. The Morgan fingerprint density at radius 2 is 2.26 bits per heavy atom. The van der Waals surface area contributed by atoms with Crippen molar-refractivity contribution in [3.63, 3.8) is 0 Å². The Labute approximate surface area is 110 Å². The zero-order valence-electron chi connectivity index (χ0n) is 10.9. The predicted molar refractivity (Wildman–Crippen MR) is 67.3 cm³/mol. The van der Waals surface area contributed by atoms with E-state index >= 15 is 0 Å². The van der Waals surface area contributed by atoms with Crippen LogP contribution in [-0.2, 0) is 9.47 Å². The average Bonchev–Trinajstić information content (AvgIpc) is 3.05. The summed E-state index contributed by atoms with van der Waals surface area (Å²) >= 11 is 0. The summed E-state index contributed by atoms with van der Waals surface area (Å²) in [7, 11) is 3.75. The highest BCUT2D eigenvalue weighted by Gasteiger charge is 2.28. The average molecular weight is 267 g/mol. The fourth-order valence-corrected chi connectivity index (χ4v) is 1.61. The standard InChI is InChI=1S/C9H10N4O3.C2H7N/c14-2-6-3-15-9(16-6)13-5-12-7-1-10-4-11-8(7)13;1-3-2/h1,4-6,9,14H,2-3H2;3H,1-2H3/t6-,9+;/m1./s1. The number of hydrogen-bond donors (Lipinski definition) is 2. The summed E-state index contributed by atoms with van der Waals surface area (Å²) in [6.45, 7) is 0.310. The van der Waals surface area contributed by atoms with Crippen LogP contribution in [0.2, 0.25) is 0 Å². The fraction of sp³-hybridized carbons (Fsp3) is 0.545. The Morgan fingerprint density at radius 1 is 1.47 bits per heavy atom. The number of imidazole rings is 1. The molecular weight excluding hydrogens is 250 g/mol. The number of nitrogens with zero attached hydrogens (tertiary/aromatic N) is 4. The molecule has 3 heterocycles. The summed E-state index contributed by atoms with van der Waals surface area (Å²) in [4.78, 5) is 12.1. The number of fused-ring (bicyclic) bond motifs is 1. The number of aliphatic hydroxyl groups is 1. The van der Waals surface area contributed by atoms with Crippen molar-refractivity contribution in [2.24, 2.45) is 0 Å². The van der Waals surface area contributed by atoms with Gasteiger partial charge in [-0.25, -0.2) is 15.0 Å². The molecule has 0 aromatic carbocycles. The van der Waals surface area contributed by atoms with Crippen LogP contribution < -0.4 is 5.32 Å². The molecule has 1 aliphatic rings. The normalized spacial score (nSPS) is 22.3. The Hall–Kier alpha value is -1.61. The van der Waals surface area contributed by atoms with Crippen molar-refractivity contribution in [1.82, 2.24) is 24.8 Å². The van der Waals surface area contributed by atoms with Crippen LogP contribution in [0, 0.1) is 0 Å². The molecule has 0 radical (unpaired) electrons. The summed E-state index contributed by atoms with van der Waals surface area (Å²) in [6.07, 6.45) is 3.79. The van der Waals surface area contributed by atoms with E-state index in [1.807, 2.05) is 14.1 Å². The molecule has 0 amide bonds. The molecule has 1 fully saturated rings. The number of aromatic nitrogens is 4. The van der Waals surface area contributed by atoms with Gasteiger partial charge in [-0.15, -0.1) is 0 Å². The molecule has 8 heteroatoms. The maximum Gasteiger partial charge on any atom is 0.247 e. The van der Waals surface area contributed by atoms with E-state index in [-0.39, 0.29) is 12.7 Å². The van der Waals surface area contributed by atoms with Gasteiger partial charge >= 0.3 is 0 Å². The van der Waals surface area contributed by atoms with Crippen molar-refractivity contribution in [2.45, 2.75) is 12.5 Å². The summed E-state index contributed by atoms with van der Waals surface area (Å²) in [5.74, 6) is 0. The maximum absolute atomic E-state index is 8.94. The number of hydrogen-bond acceptors (Lipinski definition) is 7. The quantitative estimate of drug-likeness (QED) is 0.759. The minimum Gasteiger partial charge on any atom is -0.394 e. The van der Waals surface area contributed by atoms with E-state index in [0.29, 0.717) is 17.8 Å². The van der Waals surface area contributed by atoms with Crippen LogP contribution in [0.4, 0.5) is 0 Å². The number of aliphatic hydroxyl groups excluding tert-OH is 1. The van der Waals surface area contributed by atoms with E-state index in [9.17, 15) is 0 Å². The Kier molecular flexibility index (Phi) is 4.74. The van der Waals surface area contributed by atoms with E-state index in [1.54, 1.807) is 17.1 Å². The van der Waals surface area contributed by atoms with Gasteiger partial charge in [-0.05, 0) is 14.1 Å². The van der Waals surface area contributed by atoms with E-state index < -0.39 is 6.41 Å². The zero-order chi connectivity index (χ0) is 13.7. The summed E-state index contributed by atoms with van der Waals surface area (Å²) < 4.78 is 12.5. The van der Waals surface area contributed by atoms with Crippen molar-refractivity contribution in [2.75, 3.05) is 27.3 Å². The van der Waals surface area contributed by atoms with Crippen LogP contribution in [0.15, 0.2) is 18.9 Å². The lowest BCUT2D eigenvalue weighted by Crippen LogP contribution is -2.15. The highest BCUT2D eigenvalue weighted by atomic mass is 16.7. The monoisotopic (exact) mass is 267 g/mol. The van der Waals surface area contributed by atoms with E-state index in [1.165, 1.54) is 6.33 Å². The van der Waals surface area contributed by atoms with Gasteiger partial charge in [0.2, 0.25) is 6.41 Å². The first-order chi connectivity index (χ1) is 9.30. The lowest BCUT2D eigenvalue weighted by atomic mass is 10.4. The molecule has 2 aromatic rings. The third-order valence-corrected chi connectivity index (χ3v) is 2.40. The first kappa shape index (κ1) is 13.8. The second kappa shape index (κ2) is 6.53. The Morgan fingerprint density at radius 3 is 2.95 bits per heavy atom. The third kappa shape index (κ3) is 3.04. The van der Waals surface area contributed by atoms with Gasteiger partial charge in [-0.1, -0.05) is 0 Å². The lowest BCUT2D eigenvalue weighted by Gasteiger charge is -2.11. The van der Waals surface area contributed by atoms with Gasteiger partial charge in [0, 0.05) is 0 Å². The van der Waals surface area contributed by atoms with Gasteiger partial charge in [0.1, 0.15) is 24.3 Å². The van der Waals surface area contributed by atoms with Gasteiger partial charge in [0.15, 0.2) is 5.65 Å². The van der Waals surface area contributed by atoms with Crippen LogP contribution in [0.1, 0.15) is 6.41 Å². The molecule has 2 atom stereocenters. The van der Waals surface area contributed by atoms with Gasteiger partial charge in [-0.3, -0.25) is 4.57 Å². The van der Waals surface area contributed by atoms with Crippen LogP contribution >= 0.6 is 0 Å². The SMILES string of the molecule is CNC.OC[C@@H]1CO[C@H](n2cnc3cncnc32)O1. The third-order valence-electron chi connectivity index (χ3n) is 2.40. The summed E-state index contributed by atoms with van der Waals surface area (Å²) in [5, 5.41) is 11.7.